The van der Waals surface area contributed by atoms with Crippen molar-refractivity contribution in [2.75, 3.05) is 25.9 Å². The standard InChI is InChI=1S/C18H31N3O3S/c1-13-11-15(18(3,4)5)12-14(2)16(13)7-8-19-17(22)20-9-10-21-25(6,23)24/h11-12,21H,7-10H2,1-6H3,(H2,19,20,22). The Hall–Kier alpha value is -1.60. The van der Waals surface area contributed by atoms with E-state index in [1.165, 1.54) is 22.3 Å². The summed E-state index contributed by atoms with van der Waals surface area (Å²) in [7, 11) is -3.22. The number of aryl methyl sites for hydroxylation is 2. The molecule has 0 aliphatic heterocycles. The fourth-order valence-corrected chi connectivity index (χ4v) is 3.07. The second-order valence-corrected chi connectivity index (χ2v) is 9.27. The van der Waals surface area contributed by atoms with Crippen LogP contribution in [0.5, 0.6) is 0 Å². The lowest BCUT2D eigenvalue weighted by molar-refractivity contribution is 0.241. The molecule has 0 unspecified atom stereocenters. The number of rotatable bonds is 7. The van der Waals surface area contributed by atoms with E-state index >= 15 is 0 Å². The van der Waals surface area contributed by atoms with Crippen molar-refractivity contribution in [1.29, 1.82) is 0 Å². The normalized spacial score (nSPS) is 12.1. The summed E-state index contributed by atoms with van der Waals surface area (Å²) >= 11 is 0. The Morgan fingerprint density at radius 1 is 1.00 bits per heavy atom. The molecule has 7 heteroatoms. The zero-order chi connectivity index (χ0) is 19.3. The molecular formula is C18H31N3O3S. The van der Waals surface area contributed by atoms with Gasteiger partial charge in [-0.05, 0) is 47.9 Å². The second kappa shape index (κ2) is 8.67. The highest BCUT2D eigenvalue weighted by molar-refractivity contribution is 7.88. The van der Waals surface area contributed by atoms with Crippen LogP contribution >= 0.6 is 0 Å². The lowest BCUT2D eigenvalue weighted by atomic mass is 9.83. The van der Waals surface area contributed by atoms with E-state index in [0.717, 1.165) is 12.7 Å². The molecule has 0 fully saturated rings. The number of sulfonamides is 1. The molecule has 0 spiro atoms. The van der Waals surface area contributed by atoms with Gasteiger partial charge >= 0.3 is 6.03 Å². The first-order valence-electron chi connectivity index (χ1n) is 8.47. The van der Waals surface area contributed by atoms with Crippen molar-refractivity contribution in [2.24, 2.45) is 0 Å². The number of urea groups is 1. The monoisotopic (exact) mass is 369 g/mol. The zero-order valence-corrected chi connectivity index (χ0v) is 16.9. The molecule has 2 amide bonds. The summed E-state index contributed by atoms with van der Waals surface area (Å²) < 4.78 is 24.2. The summed E-state index contributed by atoms with van der Waals surface area (Å²) in [6.45, 7) is 11.8. The molecule has 6 nitrogen and oxygen atoms in total. The van der Waals surface area contributed by atoms with Gasteiger partial charge in [-0.1, -0.05) is 32.9 Å². The van der Waals surface area contributed by atoms with Crippen molar-refractivity contribution in [3.05, 3.63) is 34.4 Å². The van der Waals surface area contributed by atoms with E-state index < -0.39 is 10.0 Å². The highest BCUT2D eigenvalue weighted by atomic mass is 32.2. The third kappa shape index (κ3) is 7.88. The topological polar surface area (TPSA) is 87.3 Å². The molecule has 0 aliphatic rings. The third-order valence-corrected chi connectivity index (χ3v) is 4.73. The molecular weight excluding hydrogens is 338 g/mol. The maximum Gasteiger partial charge on any atom is 0.314 e. The predicted octanol–water partition coefficient (Wildman–Crippen LogP) is 1.99. The van der Waals surface area contributed by atoms with Crippen LogP contribution in [0.25, 0.3) is 0 Å². The third-order valence-electron chi connectivity index (χ3n) is 4.00. The fourth-order valence-electron chi connectivity index (χ4n) is 2.60. The van der Waals surface area contributed by atoms with Crippen molar-refractivity contribution < 1.29 is 13.2 Å². The smallest absolute Gasteiger partial charge is 0.314 e. The Kier molecular flexibility index (Phi) is 7.44. The van der Waals surface area contributed by atoms with Gasteiger partial charge in [-0.15, -0.1) is 0 Å². The number of nitrogens with one attached hydrogen (secondary N) is 3. The van der Waals surface area contributed by atoms with Gasteiger partial charge in [-0.3, -0.25) is 0 Å². The van der Waals surface area contributed by atoms with Crippen LogP contribution < -0.4 is 15.4 Å². The van der Waals surface area contributed by atoms with E-state index in [4.69, 9.17) is 0 Å². The molecule has 0 saturated heterocycles. The predicted molar refractivity (Wildman–Crippen MR) is 103 cm³/mol. The number of benzene rings is 1. The molecule has 0 aliphatic carbocycles. The van der Waals surface area contributed by atoms with Crippen LogP contribution in [0.1, 0.15) is 43.0 Å². The first-order valence-corrected chi connectivity index (χ1v) is 10.4. The summed E-state index contributed by atoms with van der Waals surface area (Å²) in [4.78, 5) is 11.7. The minimum absolute atomic E-state index is 0.117. The summed E-state index contributed by atoms with van der Waals surface area (Å²) in [5.41, 5.74) is 5.17. The first-order chi connectivity index (χ1) is 11.4. The van der Waals surface area contributed by atoms with Gasteiger partial charge in [-0.25, -0.2) is 17.9 Å². The highest BCUT2D eigenvalue weighted by Crippen LogP contribution is 2.26. The number of hydrogen-bond donors (Lipinski definition) is 3. The van der Waals surface area contributed by atoms with Gasteiger partial charge in [-0.2, -0.15) is 0 Å². The first kappa shape index (κ1) is 21.4. The molecule has 0 bridgehead atoms. The van der Waals surface area contributed by atoms with Crippen LogP contribution in [0.2, 0.25) is 0 Å². The van der Waals surface area contributed by atoms with Gasteiger partial charge < -0.3 is 10.6 Å². The van der Waals surface area contributed by atoms with E-state index in [9.17, 15) is 13.2 Å². The van der Waals surface area contributed by atoms with Crippen LogP contribution in [-0.4, -0.2) is 40.3 Å². The van der Waals surface area contributed by atoms with E-state index in [0.29, 0.717) is 6.54 Å². The van der Waals surface area contributed by atoms with Crippen LogP contribution in [-0.2, 0) is 21.9 Å². The van der Waals surface area contributed by atoms with Crippen LogP contribution in [0.4, 0.5) is 4.79 Å². The Bertz CT molecular complexity index is 684. The molecule has 1 aromatic carbocycles. The number of carbonyl (C=O) groups excluding carboxylic acids is 1. The highest BCUT2D eigenvalue weighted by Gasteiger charge is 2.16. The Morgan fingerprint density at radius 3 is 2.00 bits per heavy atom. The molecule has 0 saturated carbocycles. The van der Waals surface area contributed by atoms with Crippen LogP contribution in [0, 0.1) is 13.8 Å². The van der Waals surface area contributed by atoms with E-state index in [-0.39, 0.29) is 24.5 Å². The SMILES string of the molecule is Cc1cc(C(C)(C)C)cc(C)c1CCNC(=O)NCCNS(C)(=O)=O. The minimum atomic E-state index is -3.22. The van der Waals surface area contributed by atoms with Gasteiger partial charge in [0.1, 0.15) is 0 Å². The fraction of sp³-hybridized carbons (Fsp3) is 0.611. The Morgan fingerprint density at radius 2 is 1.52 bits per heavy atom. The van der Waals surface area contributed by atoms with Gasteiger partial charge in [0.25, 0.3) is 0 Å². The number of hydrogen-bond acceptors (Lipinski definition) is 3. The zero-order valence-electron chi connectivity index (χ0n) is 16.1. The van der Waals surface area contributed by atoms with Crippen molar-refractivity contribution in [2.45, 2.75) is 46.5 Å². The lowest BCUT2D eigenvalue weighted by Crippen LogP contribution is -2.40. The minimum Gasteiger partial charge on any atom is -0.338 e. The van der Waals surface area contributed by atoms with Crippen molar-refractivity contribution in [3.8, 4) is 0 Å². The van der Waals surface area contributed by atoms with Crippen molar-refractivity contribution in [1.82, 2.24) is 15.4 Å². The van der Waals surface area contributed by atoms with Crippen molar-refractivity contribution >= 4 is 16.1 Å². The van der Waals surface area contributed by atoms with Crippen LogP contribution in [0.15, 0.2) is 12.1 Å². The molecule has 1 aromatic rings. The summed E-state index contributed by atoms with van der Waals surface area (Å²) in [5, 5.41) is 5.42. The number of amides is 2. The molecule has 0 radical (unpaired) electrons. The molecule has 0 aromatic heterocycles. The van der Waals surface area contributed by atoms with Crippen LogP contribution in [0.3, 0.4) is 0 Å². The summed E-state index contributed by atoms with van der Waals surface area (Å²) in [6, 6.07) is 4.15. The number of carbonyl (C=O) groups is 1. The maximum absolute atomic E-state index is 11.7. The van der Waals surface area contributed by atoms with E-state index in [1.54, 1.807) is 0 Å². The molecule has 0 heterocycles. The quantitative estimate of drug-likeness (QED) is 0.642. The average Bonchev–Trinajstić information content (AvgIpc) is 2.44. The molecule has 25 heavy (non-hydrogen) atoms. The average molecular weight is 370 g/mol. The van der Waals surface area contributed by atoms with Gasteiger partial charge in [0.2, 0.25) is 10.0 Å². The summed E-state index contributed by atoms with van der Waals surface area (Å²) in [5.74, 6) is 0. The largest absolute Gasteiger partial charge is 0.338 e. The van der Waals surface area contributed by atoms with Crippen molar-refractivity contribution in [3.63, 3.8) is 0 Å². The Labute approximate surface area is 151 Å². The van der Waals surface area contributed by atoms with Gasteiger partial charge in [0, 0.05) is 19.6 Å². The Balaban J connectivity index is 2.47. The molecule has 0 atom stereocenters. The van der Waals surface area contributed by atoms with E-state index in [2.05, 4.69) is 62.1 Å². The maximum atomic E-state index is 11.7. The second-order valence-electron chi connectivity index (χ2n) is 7.44. The van der Waals surface area contributed by atoms with Gasteiger partial charge in [0.15, 0.2) is 0 Å². The summed E-state index contributed by atoms with van der Waals surface area (Å²) in [6.07, 6.45) is 1.85. The molecule has 3 N–H and O–H groups in total. The molecule has 1 rings (SSSR count). The van der Waals surface area contributed by atoms with E-state index in [1.807, 2.05) is 0 Å². The lowest BCUT2D eigenvalue weighted by Gasteiger charge is -2.22. The molecule has 142 valence electrons. The van der Waals surface area contributed by atoms with Gasteiger partial charge in [0.05, 0.1) is 6.26 Å².